The third-order valence-corrected chi connectivity index (χ3v) is 4.43. The quantitative estimate of drug-likeness (QED) is 0.881. The molecule has 1 aliphatic rings. The minimum Gasteiger partial charge on any atom is -0.394 e. The lowest BCUT2D eigenvalue weighted by atomic mass is 9.99. The number of aromatic nitrogens is 2. The molecule has 0 aliphatic carbocycles. The summed E-state index contributed by atoms with van der Waals surface area (Å²) in [5.74, 6) is 0. The fourth-order valence-electron chi connectivity index (χ4n) is 2.53. The highest BCUT2D eigenvalue weighted by Gasteiger charge is 2.40. The van der Waals surface area contributed by atoms with Gasteiger partial charge in [-0.15, -0.1) is 0 Å². The van der Waals surface area contributed by atoms with Crippen LogP contribution in [0, 0.1) is 0 Å². The molecule has 2 aromatic rings. The van der Waals surface area contributed by atoms with Crippen LogP contribution in [0.2, 0.25) is 10.0 Å². The SMILES string of the molecule is OCC1OCC(n2cnc3cc(Cl)c(Cl)cc32)C(F)C1O. The molecule has 1 aliphatic heterocycles. The summed E-state index contributed by atoms with van der Waals surface area (Å²) in [7, 11) is 0. The molecule has 8 heteroatoms. The van der Waals surface area contributed by atoms with Crippen LogP contribution in [-0.2, 0) is 4.74 Å². The van der Waals surface area contributed by atoms with Gasteiger partial charge in [0, 0.05) is 0 Å². The molecular formula is C13H13Cl2FN2O3. The number of aliphatic hydroxyl groups is 2. The third kappa shape index (κ3) is 2.51. The Kier molecular flexibility index (Phi) is 4.07. The van der Waals surface area contributed by atoms with Crippen molar-refractivity contribution in [3.8, 4) is 0 Å². The Bertz CT molecular complexity index is 666. The molecule has 1 aromatic heterocycles. The summed E-state index contributed by atoms with van der Waals surface area (Å²) in [5.41, 5.74) is 1.19. The van der Waals surface area contributed by atoms with Crippen LogP contribution >= 0.6 is 23.2 Å². The maximum absolute atomic E-state index is 14.4. The summed E-state index contributed by atoms with van der Waals surface area (Å²) in [5, 5.41) is 19.6. The Balaban J connectivity index is 1.99. The second kappa shape index (κ2) is 5.70. The first kappa shape index (κ1) is 15.0. The smallest absolute Gasteiger partial charge is 0.151 e. The van der Waals surface area contributed by atoms with E-state index in [1.165, 1.54) is 6.33 Å². The Labute approximate surface area is 129 Å². The molecule has 0 radical (unpaired) electrons. The van der Waals surface area contributed by atoms with E-state index in [2.05, 4.69) is 4.98 Å². The van der Waals surface area contributed by atoms with Crippen molar-refractivity contribution in [2.24, 2.45) is 0 Å². The number of hydrogen-bond acceptors (Lipinski definition) is 4. The Hall–Kier alpha value is -0.920. The number of rotatable bonds is 2. The second-order valence-corrected chi connectivity index (χ2v) is 5.78. The van der Waals surface area contributed by atoms with Crippen molar-refractivity contribution in [1.82, 2.24) is 9.55 Å². The summed E-state index contributed by atoms with van der Waals surface area (Å²) in [6.07, 6.45) is -2.43. The molecule has 0 amide bonds. The molecule has 114 valence electrons. The Morgan fingerprint density at radius 1 is 1.38 bits per heavy atom. The average Bonchev–Trinajstić information content (AvgIpc) is 2.85. The highest BCUT2D eigenvalue weighted by atomic mass is 35.5. The molecule has 5 nitrogen and oxygen atoms in total. The van der Waals surface area contributed by atoms with Gasteiger partial charge in [0.05, 0.1) is 46.7 Å². The zero-order valence-corrected chi connectivity index (χ0v) is 12.3. The van der Waals surface area contributed by atoms with Gasteiger partial charge in [-0.25, -0.2) is 9.37 Å². The van der Waals surface area contributed by atoms with E-state index in [9.17, 15) is 9.50 Å². The van der Waals surface area contributed by atoms with Crippen LogP contribution in [0.1, 0.15) is 6.04 Å². The third-order valence-electron chi connectivity index (χ3n) is 3.71. The number of alkyl halides is 1. The largest absolute Gasteiger partial charge is 0.394 e. The van der Waals surface area contributed by atoms with Gasteiger partial charge in [0.15, 0.2) is 6.17 Å². The highest BCUT2D eigenvalue weighted by molar-refractivity contribution is 6.42. The fraction of sp³-hybridized carbons (Fsp3) is 0.462. The van der Waals surface area contributed by atoms with Crippen LogP contribution in [0.4, 0.5) is 4.39 Å². The number of halogens is 3. The number of hydrogen-bond donors (Lipinski definition) is 2. The van der Waals surface area contributed by atoms with E-state index >= 15 is 0 Å². The topological polar surface area (TPSA) is 67.5 Å². The number of nitrogens with zero attached hydrogens (tertiary/aromatic N) is 2. The van der Waals surface area contributed by atoms with Crippen LogP contribution in [0.15, 0.2) is 18.5 Å². The van der Waals surface area contributed by atoms with E-state index in [0.717, 1.165) is 0 Å². The summed E-state index contributed by atoms with van der Waals surface area (Å²) >= 11 is 11.9. The van der Waals surface area contributed by atoms with Gasteiger partial charge in [0.2, 0.25) is 0 Å². The van der Waals surface area contributed by atoms with E-state index in [-0.39, 0.29) is 6.61 Å². The molecule has 4 atom stereocenters. The molecule has 4 unspecified atom stereocenters. The summed E-state index contributed by atoms with van der Waals surface area (Å²) in [4.78, 5) is 4.16. The summed E-state index contributed by atoms with van der Waals surface area (Å²) < 4.78 is 21.3. The second-order valence-electron chi connectivity index (χ2n) is 4.96. The normalized spacial score (nSPS) is 30.0. The van der Waals surface area contributed by atoms with Gasteiger partial charge in [-0.1, -0.05) is 23.2 Å². The van der Waals surface area contributed by atoms with E-state index < -0.39 is 31.0 Å². The van der Waals surface area contributed by atoms with Gasteiger partial charge in [0.25, 0.3) is 0 Å². The molecule has 2 N–H and O–H groups in total. The minimum atomic E-state index is -1.58. The first-order valence-corrected chi connectivity index (χ1v) is 7.14. The van der Waals surface area contributed by atoms with Gasteiger partial charge >= 0.3 is 0 Å². The predicted octanol–water partition coefficient (Wildman–Crippen LogP) is 1.97. The van der Waals surface area contributed by atoms with Gasteiger partial charge in [-0.3, -0.25) is 0 Å². The molecule has 0 saturated carbocycles. The van der Waals surface area contributed by atoms with Crippen LogP contribution in [-0.4, -0.2) is 51.4 Å². The molecular weight excluding hydrogens is 322 g/mol. The molecule has 1 fully saturated rings. The van der Waals surface area contributed by atoms with E-state index in [1.54, 1.807) is 16.7 Å². The first-order valence-electron chi connectivity index (χ1n) is 6.39. The van der Waals surface area contributed by atoms with E-state index in [4.69, 9.17) is 33.0 Å². The van der Waals surface area contributed by atoms with Gasteiger partial charge in [-0.05, 0) is 12.1 Å². The van der Waals surface area contributed by atoms with Crippen LogP contribution in [0.5, 0.6) is 0 Å². The van der Waals surface area contributed by atoms with Crippen molar-refractivity contribution >= 4 is 34.2 Å². The lowest BCUT2D eigenvalue weighted by Gasteiger charge is -2.36. The summed E-state index contributed by atoms with van der Waals surface area (Å²) in [6, 6.07) is 2.45. The van der Waals surface area contributed by atoms with Crippen molar-refractivity contribution in [2.75, 3.05) is 13.2 Å². The van der Waals surface area contributed by atoms with Gasteiger partial charge < -0.3 is 19.5 Å². The van der Waals surface area contributed by atoms with E-state index in [1.807, 2.05) is 0 Å². The lowest BCUT2D eigenvalue weighted by Crippen LogP contribution is -2.49. The van der Waals surface area contributed by atoms with E-state index in [0.29, 0.717) is 21.1 Å². The van der Waals surface area contributed by atoms with Crippen molar-refractivity contribution in [3.63, 3.8) is 0 Å². The van der Waals surface area contributed by atoms with Gasteiger partial charge in [0.1, 0.15) is 12.2 Å². The average molecular weight is 335 g/mol. The zero-order valence-electron chi connectivity index (χ0n) is 10.8. The van der Waals surface area contributed by atoms with Crippen molar-refractivity contribution in [1.29, 1.82) is 0 Å². The van der Waals surface area contributed by atoms with Crippen molar-refractivity contribution in [2.45, 2.75) is 24.4 Å². The maximum Gasteiger partial charge on any atom is 0.151 e. The van der Waals surface area contributed by atoms with Crippen LogP contribution in [0.25, 0.3) is 11.0 Å². The number of aliphatic hydroxyl groups excluding tert-OH is 2. The molecule has 0 bridgehead atoms. The molecule has 3 rings (SSSR count). The lowest BCUT2D eigenvalue weighted by molar-refractivity contribution is -0.148. The summed E-state index contributed by atoms with van der Waals surface area (Å²) in [6.45, 7) is -0.407. The molecule has 1 saturated heterocycles. The van der Waals surface area contributed by atoms with Crippen LogP contribution < -0.4 is 0 Å². The monoisotopic (exact) mass is 334 g/mol. The van der Waals surface area contributed by atoms with Crippen molar-refractivity contribution < 1.29 is 19.3 Å². The fourth-order valence-corrected chi connectivity index (χ4v) is 2.84. The Morgan fingerprint density at radius 3 is 2.81 bits per heavy atom. The van der Waals surface area contributed by atoms with Gasteiger partial charge in [-0.2, -0.15) is 0 Å². The molecule has 0 spiro atoms. The number of fused-ring (bicyclic) bond motifs is 1. The minimum absolute atomic E-state index is 0.0230. The number of benzene rings is 1. The van der Waals surface area contributed by atoms with Crippen LogP contribution in [0.3, 0.4) is 0 Å². The molecule has 1 aromatic carbocycles. The Morgan fingerprint density at radius 2 is 2.10 bits per heavy atom. The number of imidazole rings is 1. The number of ether oxygens (including phenoxy) is 1. The predicted molar refractivity (Wildman–Crippen MR) is 76.5 cm³/mol. The van der Waals surface area contributed by atoms with Crippen molar-refractivity contribution in [3.05, 3.63) is 28.5 Å². The standard InChI is InChI=1S/C13H13Cl2FN2O3/c14-6-1-8-9(2-7(6)15)18(5-17-8)10-4-21-11(3-19)13(20)12(10)16/h1-2,5,10-13,19-20H,3-4H2. The maximum atomic E-state index is 14.4. The zero-order chi connectivity index (χ0) is 15.1. The first-order chi connectivity index (χ1) is 10.0. The highest BCUT2D eigenvalue weighted by Crippen LogP contribution is 2.33. The molecule has 2 heterocycles. The molecule has 21 heavy (non-hydrogen) atoms.